The Balaban J connectivity index is 1.40. The van der Waals surface area contributed by atoms with E-state index in [2.05, 4.69) is 10.5 Å². The van der Waals surface area contributed by atoms with Gasteiger partial charge in [0, 0.05) is 18.7 Å². The average Bonchev–Trinajstić information content (AvgIpc) is 3.49. The van der Waals surface area contributed by atoms with Crippen LogP contribution in [0.25, 0.3) is 0 Å². The van der Waals surface area contributed by atoms with E-state index in [0.29, 0.717) is 5.56 Å². The second-order valence-electron chi connectivity index (χ2n) is 11.7. The molecule has 1 saturated carbocycles. The minimum atomic E-state index is -1.36. The molecule has 2 N–H and O–H groups in total. The molecule has 0 spiro atoms. The van der Waals surface area contributed by atoms with Crippen molar-refractivity contribution in [3.05, 3.63) is 140 Å². The van der Waals surface area contributed by atoms with E-state index in [-0.39, 0.29) is 26.4 Å². The third-order valence-electron chi connectivity index (χ3n) is 8.45. The standard InChI is InChI=1S/C35H37N3O8/c1-23-18-38(34(41)36-32(23)40)33-28-29(37-44-21-27-16-10-5-11-17-27)31(45-24(2)39)35(46-33,22-42-19-25-12-6-3-7-13-25)30(28)43-20-26-14-8-4-9-15-26/h3-18,28-31,33,37H,19-22H2,1-2H3,(H,36,40,41)/t28?,29-,30-,31-,33+,35+/m0/s1. The molecule has 6 atom stereocenters. The molecule has 0 radical (unpaired) electrons. The van der Waals surface area contributed by atoms with Crippen LogP contribution in [0.1, 0.15) is 35.4 Å². The minimum absolute atomic E-state index is 0.0275. The van der Waals surface area contributed by atoms with Gasteiger partial charge >= 0.3 is 11.7 Å². The number of nitrogens with zero attached hydrogens (tertiary/aromatic N) is 1. The number of carbonyl (C=O) groups excluding carboxylic acids is 1. The number of fused-ring (bicyclic) bond motifs is 2. The average molecular weight is 628 g/mol. The first-order chi connectivity index (χ1) is 22.4. The number of benzene rings is 3. The lowest BCUT2D eigenvalue weighted by atomic mass is 9.97. The highest BCUT2D eigenvalue weighted by Crippen LogP contribution is 2.55. The summed E-state index contributed by atoms with van der Waals surface area (Å²) in [5.74, 6) is -1.14. The van der Waals surface area contributed by atoms with E-state index >= 15 is 0 Å². The largest absolute Gasteiger partial charge is 0.457 e. The van der Waals surface area contributed by atoms with Crippen molar-refractivity contribution in [1.82, 2.24) is 15.0 Å². The monoisotopic (exact) mass is 627 g/mol. The lowest BCUT2D eigenvalue weighted by Crippen LogP contribution is -2.59. The first-order valence-corrected chi connectivity index (χ1v) is 15.2. The Morgan fingerprint density at radius 2 is 1.46 bits per heavy atom. The highest BCUT2D eigenvalue weighted by atomic mass is 16.7. The number of hydrogen-bond acceptors (Lipinski definition) is 9. The number of esters is 1. The van der Waals surface area contributed by atoms with Crippen molar-refractivity contribution >= 4 is 5.97 Å². The summed E-state index contributed by atoms with van der Waals surface area (Å²) in [7, 11) is 0. The number of aryl methyl sites for hydroxylation is 1. The second kappa shape index (κ2) is 13.9. The second-order valence-corrected chi connectivity index (χ2v) is 11.7. The smallest absolute Gasteiger partial charge is 0.330 e. The van der Waals surface area contributed by atoms with Gasteiger partial charge in [-0.1, -0.05) is 91.0 Å². The van der Waals surface area contributed by atoms with Crippen LogP contribution < -0.4 is 16.7 Å². The molecule has 1 aliphatic heterocycles. The Bertz CT molecular complexity index is 1730. The number of ether oxygens (including phenoxy) is 4. The van der Waals surface area contributed by atoms with E-state index in [4.69, 9.17) is 23.8 Å². The van der Waals surface area contributed by atoms with Gasteiger partial charge in [0.1, 0.15) is 12.3 Å². The molecular weight excluding hydrogens is 590 g/mol. The molecule has 2 fully saturated rings. The van der Waals surface area contributed by atoms with Crippen molar-refractivity contribution in [2.75, 3.05) is 6.61 Å². The molecule has 1 unspecified atom stereocenters. The molecule has 2 bridgehead atoms. The van der Waals surface area contributed by atoms with Crippen LogP contribution in [0.4, 0.5) is 0 Å². The molecule has 2 aliphatic rings. The van der Waals surface area contributed by atoms with Gasteiger partial charge in [-0.3, -0.25) is 24.0 Å². The third-order valence-corrected chi connectivity index (χ3v) is 8.45. The quantitative estimate of drug-likeness (QED) is 0.169. The highest BCUT2D eigenvalue weighted by molar-refractivity contribution is 5.66. The molecule has 11 nitrogen and oxygen atoms in total. The summed E-state index contributed by atoms with van der Waals surface area (Å²) in [4.78, 5) is 46.5. The zero-order chi connectivity index (χ0) is 32.1. The minimum Gasteiger partial charge on any atom is -0.457 e. The molecule has 11 heteroatoms. The van der Waals surface area contributed by atoms with Crippen molar-refractivity contribution in [2.24, 2.45) is 5.92 Å². The van der Waals surface area contributed by atoms with Crippen LogP contribution in [-0.4, -0.2) is 46.0 Å². The van der Waals surface area contributed by atoms with Crippen molar-refractivity contribution in [3.63, 3.8) is 0 Å². The molecule has 1 aromatic heterocycles. The molecule has 3 aromatic carbocycles. The highest BCUT2D eigenvalue weighted by Gasteiger charge is 2.73. The number of rotatable bonds is 13. The number of hydrogen-bond donors (Lipinski definition) is 2. The molecule has 6 rings (SSSR count). The summed E-state index contributed by atoms with van der Waals surface area (Å²) < 4.78 is 27.1. The number of hydroxylamine groups is 1. The van der Waals surface area contributed by atoms with E-state index in [0.717, 1.165) is 16.7 Å². The van der Waals surface area contributed by atoms with E-state index in [9.17, 15) is 14.4 Å². The van der Waals surface area contributed by atoms with Gasteiger partial charge in [-0.15, -0.1) is 0 Å². The van der Waals surface area contributed by atoms with Gasteiger partial charge in [0.15, 0.2) is 11.7 Å². The Morgan fingerprint density at radius 1 is 0.870 bits per heavy atom. The van der Waals surface area contributed by atoms with Crippen molar-refractivity contribution in [1.29, 1.82) is 0 Å². The molecule has 1 saturated heterocycles. The maximum absolute atomic E-state index is 13.2. The Labute approximate surface area is 266 Å². The molecule has 1 aliphatic carbocycles. The number of nitrogens with one attached hydrogen (secondary N) is 2. The maximum Gasteiger partial charge on any atom is 0.330 e. The van der Waals surface area contributed by atoms with Crippen LogP contribution in [-0.2, 0) is 48.4 Å². The van der Waals surface area contributed by atoms with Crippen LogP contribution in [0.2, 0.25) is 0 Å². The fourth-order valence-electron chi connectivity index (χ4n) is 6.36. The molecule has 4 aromatic rings. The Hall–Kier alpha value is -4.39. The first-order valence-electron chi connectivity index (χ1n) is 15.2. The third kappa shape index (κ3) is 6.60. The Kier molecular flexibility index (Phi) is 9.57. The van der Waals surface area contributed by atoms with Gasteiger partial charge in [-0.2, -0.15) is 5.48 Å². The molecule has 0 amide bonds. The maximum atomic E-state index is 13.2. The van der Waals surface area contributed by atoms with Crippen LogP contribution in [0.5, 0.6) is 0 Å². The number of aromatic nitrogens is 2. The van der Waals surface area contributed by atoms with Crippen molar-refractivity contribution < 1.29 is 28.6 Å². The van der Waals surface area contributed by atoms with E-state index < -0.39 is 53.2 Å². The SMILES string of the molecule is CC(=O)O[C@H]1[C@@H](NOCc2ccccc2)C2[C@H](n3cc(C)c(=O)[nH]c3=O)O[C@]1(COCc1ccccc1)[C@H]2OCc1ccccc1. The zero-order valence-electron chi connectivity index (χ0n) is 25.7. The van der Waals surface area contributed by atoms with Gasteiger partial charge in [0.05, 0.1) is 38.4 Å². The fourth-order valence-corrected chi connectivity index (χ4v) is 6.36. The predicted octanol–water partition coefficient (Wildman–Crippen LogP) is 3.57. The number of H-pyrrole nitrogens is 1. The van der Waals surface area contributed by atoms with Crippen molar-refractivity contribution in [3.8, 4) is 0 Å². The van der Waals surface area contributed by atoms with Gasteiger partial charge < -0.3 is 18.9 Å². The summed E-state index contributed by atoms with van der Waals surface area (Å²) in [6, 6.07) is 28.3. The lowest BCUT2D eigenvalue weighted by molar-refractivity contribution is -0.231. The predicted molar refractivity (Wildman–Crippen MR) is 167 cm³/mol. The van der Waals surface area contributed by atoms with Crippen LogP contribution in [0.3, 0.4) is 0 Å². The van der Waals surface area contributed by atoms with Gasteiger partial charge in [-0.25, -0.2) is 4.79 Å². The number of aromatic amines is 1. The molecular formula is C35H37N3O8. The number of carbonyl (C=O) groups is 1. The van der Waals surface area contributed by atoms with Gasteiger partial charge in [0.2, 0.25) is 0 Å². The fraction of sp³-hybridized carbons (Fsp3) is 0.343. The molecule has 46 heavy (non-hydrogen) atoms. The zero-order valence-corrected chi connectivity index (χ0v) is 25.7. The Morgan fingerprint density at radius 3 is 2.07 bits per heavy atom. The summed E-state index contributed by atoms with van der Waals surface area (Å²) in [6.07, 6.45) is -1.09. The van der Waals surface area contributed by atoms with E-state index in [1.165, 1.54) is 17.7 Å². The van der Waals surface area contributed by atoms with Gasteiger partial charge in [0.25, 0.3) is 5.56 Å². The summed E-state index contributed by atoms with van der Waals surface area (Å²) in [6.45, 7) is 3.64. The summed E-state index contributed by atoms with van der Waals surface area (Å²) in [5.41, 5.74) is 3.80. The van der Waals surface area contributed by atoms with E-state index in [1.54, 1.807) is 6.92 Å². The normalized spacial score (nSPS) is 25.0. The first kappa shape index (κ1) is 31.6. The van der Waals surface area contributed by atoms with Gasteiger partial charge in [-0.05, 0) is 23.6 Å². The van der Waals surface area contributed by atoms with Crippen LogP contribution in [0, 0.1) is 12.8 Å². The molecule has 2 heterocycles. The molecule has 240 valence electrons. The van der Waals surface area contributed by atoms with Crippen LogP contribution in [0.15, 0.2) is 107 Å². The summed E-state index contributed by atoms with van der Waals surface area (Å²) >= 11 is 0. The van der Waals surface area contributed by atoms with E-state index in [1.807, 2.05) is 91.0 Å². The topological polar surface area (TPSA) is 130 Å². The summed E-state index contributed by atoms with van der Waals surface area (Å²) in [5, 5.41) is 0. The lowest BCUT2D eigenvalue weighted by Gasteiger charge is -2.41. The van der Waals surface area contributed by atoms with Crippen LogP contribution >= 0.6 is 0 Å². The van der Waals surface area contributed by atoms with Crippen molar-refractivity contribution in [2.45, 2.75) is 63.7 Å².